The second-order valence-corrected chi connectivity index (χ2v) is 5.06. The molecule has 0 radical (unpaired) electrons. The summed E-state index contributed by atoms with van der Waals surface area (Å²) in [5.41, 5.74) is 1.42. The lowest BCUT2D eigenvalue weighted by Gasteiger charge is -2.08. The molecule has 0 bridgehead atoms. The Kier molecular flexibility index (Phi) is 5.07. The van der Waals surface area contributed by atoms with Crippen LogP contribution in [0.1, 0.15) is 30.0 Å². The van der Waals surface area contributed by atoms with Gasteiger partial charge in [-0.25, -0.2) is 0 Å². The minimum atomic E-state index is -4.27. The predicted octanol–water partition coefficient (Wildman–Crippen LogP) is 4.05. The highest BCUT2D eigenvalue weighted by molar-refractivity contribution is 5.25. The molecule has 21 heavy (non-hydrogen) atoms. The Bertz CT molecular complexity index is 556. The molecule has 2 nitrogen and oxygen atoms in total. The van der Waals surface area contributed by atoms with E-state index in [0.717, 1.165) is 37.2 Å². The predicted molar refractivity (Wildman–Crippen MR) is 77.0 cm³/mol. The van der Waals surface area contributed by atoms with E-state index in [1.807, 2.05) is 23.0 Å². The van der Waals surface area contributed by atoms with E-state index in [0.29, 0.717) is 6.54 Å². The monoisotopic (exact) mass is 296 g/mol. The summed E-state index contributed by atoms with van der Waals surface area (Å²) in [5.74, 6) is 0. The molecule has 0 aliphatic heterocycles. The Balaban J connectivity index is 1.95. The lowest BCUT2D eigenvalue weighted by Crippen LogP contribution is -2.13. The van der Waals surface area contributed by atoms with Crippen LogP contribution in [0.15, 0.2) is 42.7 Å². The van der Waals surface area contributed by atoms with Gasteiger partial charge in [0.25, 0.3) is 0 Å². The van der Waals surface area contributed by atoms with E-state index in [4.69, 9.17) is 0 Å². The molecule has 2 aromatic rings. The fraction of sp³-hybridized carbons (Fsp3) is 0.375. The largest absolute Gasteiger partial charge is 0.416 e. The molecule has 114 valence electrons. The third-order valence-electron chi connectivity index (χ3n) is 3.21. The highest BCUT2D eigenvalue weighted by Crippen LogP contribution is 2.29. The Morgan fingerprint density at radius 3 is 2.38 bits per heavy atom. The molecule has 0 spiro atoms. The van der Waals surface area contributed by atoms with Crippen molar-refractivity contribution < 1.29 is 13.2 Å². The third-order valence-corrected chi connectivity index (χ3v) is 3.21. The summed E-state index contributed by atoms with van der Waals surface area (Å²) in [4.78, 5) is 0. The summed E-state index contributed by atoms with van der Waals surface area (Å²) in [5, 5.41) is 3.31. The molecule has 0 amide bonds. The maximum Gasteiger partial charge on any atom is 0.416 e. The van der Waals surface area contributed by atoms with Crippen molar-refractivity contribution in [2.75, 3.05) is 6.54 Å². The molecule has 0 saturated heterocycles. The third kappa shape index (κ3) is 4.63. The molecule has 2 rings (SSSR count). The molecule has 0 saturated carbocycles. The van der Waals surface area contributed by atoms with Gasteiger partial charge in [0.2, 0.25) is 0 Å². The Morgan fingerprint density at radius 1 is 1.05 bits per heavy atom. The minimum Gasteiger partial charge on any atom is -0.350 e. The summed E-state index contributed by atoms with van der Waals surface area (Å²) in [7, 11) is 0. The molecular weight excluding hydrogens is 277 g/mol. The van der Waals surface area contributed by atoms with E-state index < -0.39 is 11.7 Å². The van der Waals surface area contributed by atoms with Gasteiger partial charge in [-0.3, -0.25) is 0 Å². The normalized spacial score (nSPS) is 11.8. The number of nitrogens with zero attached hydrogens (tertiary/aromatic N) is 1. The first-order chi connectivity index (χ1) is 9.99. The van der Waals surface area contributed by atoms with Crippen LogP contribution in [0.2, 0.25) is 0 Å². The van der Waals surface area contributed by atoms with Gasteiger partial charge in [-0.1, -0.05) is 19.1 Å². The smallest absolute Gasteiger partial charge is 0.350 e. The fourth-order valence-electron chi connectivity index (χ4n) is 2.11. The molecule has 0 aliphatic carbocycles. The van der Waals surface area contributed by atoms with Gasteiger partial charge in [0.1, 0.15) is 0 Å². The Labute approximate surface area is 122 Å². The molecule has 0 atom stereocenters. The van der Waals surface area contributed by atoms with Gasteiger partial charge in [0, 0.05) is 25.5 Å². The average molecular weight is 296 g/mol. The van der Waals surface area contributed by atoms with Crippen LogP contribution < -0.4 is 5.32 Å². The van der Waals surface area contributed by atoms with Crippen LogP contribution in [0.25, 0.3) is 0 Å². The van der Waals surface area contributed by atoms with Crippen molar-refractivity contribution in [1.82, 2.24) is 9.88 Å². The van der Waals surface area contributed by atoms with E-state index in [2.05, 4.69) is 12.2 Å². The number of hydrogen-bond donors (Lipinski definition) is 1. The van der Waals surface area contributed by atoms with Crippen LogP contribution in [0, 0.1) is 0 Å². The number of halogens is 3. The van der Waals surface area contributed by atoms with E-state index in [9.17, 15) is 13.2 Å². The molecule has 5 heteroatoms. The SMILES string of the molecule is CCCNCc1ccn(Cc2ccc(C(F)(F)F)cc2)c1. The number of benzene rings is 1. The van der Waals surface area contributed by atoms with Crippen molar-refractivity contribution in [3.8, 4) is 0 Å². The highest BCUT2D eigenvalue weighted by Gasteiger charge is 2.29. The minimum absolute atomic E-state index is 0.575. The summed E-state index contributed by atoms with van der Waals surface area (Å²) < 4.78 is 39.4. The average Bonchev–Trinajstić information content (AvgIpc) is 2.86. The Morgan fingerprint density at radius 2 is 1.76 bits per heavy atom. The standard InChI is InChI=1S/C16H19F3N2/c1-2-8-20-10-14-7-9-21(12-14)11-13-3-5-15(6-4-13)16(17,18)19/h3-7,9,12,20H,2,8,10-11H2,1H3. The van der Waals surface area contributed by atoms with Crippen LogP contribution in [-0.2, 0) is 19.3 Å². The maximum absolute atomic E-state index is 12.5. The van der Waals surface area contributed by atoms with Crippen molar-refractivity contribution >= 4 is 0 Å². The zero-order valence-corrected chi connectivity index (χ0v) is 12.0. The van der Waals surface area contributed by atoms with Crippen LogP contribution in [0.3, 0.4) is 0 Å². The summed E-state index contributed by atoms with van der Waals surface area (Å²) in [6.45, 7) is 4.48. The van der Waals surface area contributed by atoms with Crippen LogP contribution in [-0.4, -0.2) is 11.1 Å². The Hall–Kier alpha value is -1.75. The molecular formula is C16H19F3N2. The second-order valence-electron chi connectivity index (χ2n) is 5.06. The van der Waals surface area contributed by atoms with Crippen LogP contribution in [0.4, 0.5) is 13.2 Å². The summed E-state index contributed by atoms with van der Waals surface area (Å²) >= 11 is 0. The number of hydrogen-bond acceptors (Lipinski definition) is 1. The van der Waals surface area contributed by atoms with Crippen molar-refractivity contribution in [2.45, 2.75) is 32.6 Å². The fourth-order valence-corrected chi connectivity index (χ4v) is 2.11. The topological polar surface area (TPSA) is 17.0 Å². The molecule has 1 aromatic carbocycles. The number of rotatable bonds is 6. The van der Waals surface area contributed by atoms with E-state index in [1.165, 1.54) is 17.7 Å². The van der Waals surface area contributed by atoms with Crippen molar-refractivity contribution in [3.05, 3.63) is 59.4 Å². The van der Waals surface area contributed by atoms with Crippen molar-refractivity contribution in [1.29, 1.82) is 0 Å². The quantitative estimate of drug-likeness (QED) is 0.796. The first-order valence-electron chi connectivity index (χ1n) is 7.00. The molecule has 1 aromatic heterocycles. The van der Waals surface area contributed by atoms with Gasteiger partial charge in [-0.15, -0.1) is 0 Å². The van der Waals surface area contributed by atoms with Gasteiger partial charge in [0.15, 0.2) is 0 Å². The van der Waals surface area contributed by atoms with Crippen LogP contribution >= 0.6 is 0 Å². The van der Waals surface area contributed by atoms with E-state index in [1.54, 1.807) is 0 Å². The summed E-state index contributed by atoms with van der Waals surface area (Å²) in [6.07, 6.45) is 0.775. The van der Waals surface area contributed by atoms with E-state index >= 15 is 0 Å². The van der Waals surface area contributed by atoms with Gasteiger partial charge in [-0.05, 0) is 42.3 Å². The molecule has 1 N–H and O–H groups in total. The number of aromatic nitrogens is 1. The zero-order chi connectivity index (χ0) is 15.3. The van der Waals surface area contributed by atoms with Crippen molar-refractivity contribution in [2.24, 2.45) is 0 Å². The van der Waals surface area contributed by atoms with Crippen LogP contribution in [0.5, 0.6) is 0 Å². The highest BCUT2D eigenvalue weighted by atomic mass is 19.4. The van der Waals surface area contributed by atoms with Gasteiger partial charge in [0.05, 0.1) is 5.56 Å². The lowest BCUT2D eigenvalue weighted by molar-refractivity contribution is -0.137. The molecule has 0 aliphatic rings. The lowest BCUT2D eigenvalue weighted by atomic mass is 10.1. The first kappa shape index (κ1) is 15.6. The molecule has 0 unspecified atom stereocenters. The van der Waals surface area contributed by atoms with Gasteiger partial charge >= 0.3 is 6.18 Å². The number of nitrogens with one attached hydrogen (secondary N) is 1. The van der Waals surface area contributed by atoms with E-state index in [-0.39, 0.29) is 0 Å². The number of alkyl halides is 3. The second kappa shape index (κ2) is 6.80. The first-order valence-corrected chi connectivity index (χ1v) is 7.00. The maximum atomic E-state index is 12.5. The van der Waals surface area contributed by atoms with Crippen molar-refractivity contribution in [3.63, 3.8) is 0 Å². The van der Waals surface area contributed by atoms with Gasteiger partial charge < -0.3 is 9.88 Å². The zero-order valence-electron chi connectivity index (χ0n) is 12.0. The summed E-state index contributed by atoms with van der Waals surface area (Å²) in [6, 6.07) is 7.33. The molecule has 0 fully saturated rings. The molecule has 1 heterocycles. The van der Waals surface area contributed by atoms with Gasteiger partial charge in [-0.2, -0.15) is 13.2 Å².